The summed E-state index contributed by atoms with van der Waals surface area (Å²) < 4.78 is 0. The van der Waals surface area contributed by atoms with Gasteiger partial charge in [-0.1, -0.05) is 13.8 Å². The number of aromatic nitrogens is 3. The van der Waals surface area contributed by atoms with Gasteiger partial charge < -0.3 is 16.0 Å². The fraction of sp³-hybridized carbons (Fsp3) is 0.667. The molecule has 0 fully saturated rings. The Morgan fingerprint density at radius 3 is 2.62 bits per heavy atom. The first-order chi connectivity index (χ1) is 7.69. The molecule has 1 aromatic heterocycles. The van der Waals surface area contributed by atoms with Gasteiger partial charge in [0.1, 0.15) is 0 Å². The molecule has 7 heteroatoms. The van der Waals surface area contributed by atoms with Crippen LogP contribution in [0.4, 0.5) is 5.82 Å². The summed E-state index contributed by atoms with van der Waals surface area (Å²) in [5, 5.41) is 12.3. The van der Waals surface area contributed by atoms with Gasteiger partial charge in [0.2, 0.25) is 0 Å². The van der Waals surface area contributed by atoms with E-state index < -0.39 is 0 Å². The van der Waals surface area contributed by atoms with E-state index in [9.17, 15) is 4.79 Å². The van der Waals surface area contributed by atoms with Gasteiger partial charge in [-0.05, 0) is 13.1 Å². The van der Waals surface area contributed by atoms with Crippen molar-refractivity contribution in [3.8, 4) is 0 Å². The topological polar surface area (TPSA) is 99.9 Å². The molecule has 0 saturated carbocycles. The number of aromatic amines is 1. The quantitative estimate of drug-likeness (QED) is 0.605. The fourth-order valence-electron chi connectivity index (χ4n) is 1.36. The molecule has 4 N–H and O–H groups in total. The minimum Gasteiger partial charge on any atom is -0.380 e. The van der Waals surface area contributed by atoms with Crippen molar-refractivity contribution in [1.29, 1.82) is 0 Å². The van der Waals surface area contributed by atoms with Gasteiger partial charge >= 0.3 is 0 Å². The van der Waals surface area contributed by atoms with Crippen LogP contribution in [0.2, 0.25) is 0 Å². The van der Waals surface area contributed by atoms with E-state index in [4.69, 9.17) is 5.73 Å². The van der Waals surface area contributed by atoms with E-state index in [1.807, 2.05) is 0 Å². The SMILES string of the molecule is CCN(CC)CCNC(=O)c1n[nH]nc1N. The van der Waals surface area contributed by atoms with Gasteiger partial charge in [0.05, 0.1) is 0 Å². The summed E-state index contributed by atoms with van der Waals surface area (Å²) in [7, 11) is 0. The Balaban J connectivity index is 2.34. The normalized spacial score (nSPS) is 10.7. The summed E-state index contributed by atoms with van der Waals surface area (Å²) in [4.78, 5) is 13.8. The smallest absolute Gasteiger partial charge is 0.275 e. The number of nitrogens with two attached hydrogens (primary N) is 1. The van der Waals surface area contributed by atoms with E-state index in [1.165, 1.54) is 0 Å². The van der Waals surface area contributed by atoms with E-state index in [-0.39, 0.29) is 17.4 Å². The first kappa shape index (κ1) is 12.4. The highest BCUT2D eigenvalue weighted by Crippen LogP contribution is 2.00. The van der Waals surface area contributed by atoms with Crippen molar-refractivity contribution in [1.82, 2.24) is 25.6 Å². The Bertz CT molecular complexity index is 332. The van der Waals surface area contributed by atoms with Crippen LogP contribution in [0.15, 0.2) is 0 Å². The number of hydrogen-bond donors (Lipinski definition) is 3. The van der Waals surface area contributed by atoms with Crippen molar-refractivity contribution in [3.63, 3.8) is 0 Å². The zero-order valence-electron chi connectivity index (χ0n) is 9.66. The summed E-state index contributed by atoms with van der Waals surface area (Å²) >= 11 is 0. The van der Waals surface area contributed by atoms with Gasteiger partial charge in [0.25, 0.3) is 5.91 Å². The molecule has 0 spiro atoms. The minimum atomic E-state index is -0.293. The zero-order valence-corrected chi connectivity index (χ0v) is 9.66. The number of rotatable bonds is 6. The number of nitrogen functional groups attached to an aromatic ring is 1. The van der Waals surface area contributed by atoms with E-state index >= 15 is 0 Å². The third-order valence-corrected chi connectivity index (χ3v) is 2.40. The van der Waals surface area contributed by atoms with Crippen molar-refractivity contribution >= 4 is 11.7 Å². The van der Waals surface area contributed by atoms with Crippen LogP contribution in [-0.2, 0) is 0 Å². The molecule has 1 heterocycles. The number of carbonyl (C=O) groups is 1. The van der Waals surface area contributed by atoms with Crippen molar-refractivity contribution in [3.05, 3.63) is 5.69 Å². The first-order valence-corrected chi connectivity index (χ1v) is 5.35. The molecule has 16 heavy (non-hydrogen) atoms. The molecule has 1 amide bonds. The van der Waals surface area contributed by atoms with Crippen LogP contribution in [0.3, 0.4) is 0 Å². The van der Waals surface area contributed by atoms with Crippen LogP contribution in [0, 0.1) is 0 Å². The number of amides is 1. The molecule has 0 atom stereocenters. The van der Waals surface area contributed by atoms with Crippen molar-refractivity contribution < 1.29 is 4.79 Å². The third kappa shape index (κ3) is 3.20. The molecule has 0 aliphatic heterocycles. The monoisotopic (exact) mass is 226 g/mol. The Kier molecular flexibility index (Phi) is 4.71. The fourth-order valence-corrected chi connectivity index (χ4v) is 1.36. The lowest BCUT2D eigenvalue weighted by Crippen LogP contribution is -2.35. The highest BCUT2D eigenvalue weighted by atomic mass is 16.2. The van der Waals surface area contributed by atoms with Gasteiger partial charge in [-0.2, -0.15) is 5.21 Å². The second-order valence-corrected chi connectivity index (χ2v) is 3.34. The Morgan fingerprint density at radius 1 is 1.44 bits per heavy atom. The predicted molar refractivity (Wildman–Crippen MR) is 60.9 cm³/mol. The van der Waals surface area contributed by atoms with Crippen LogP contribution in [0.5, 0.6) is 0 Å². The molecular weight excluding hydrogens is 208 g/mol. The average molecular weight is 226 g/mol. The van der Waals surface area contributed by atoms with Gasteiger partial charge in [0, 0.05) is 13.1 Å². The lowest BCUT2D eigenvalue weighted by molar-refractivity contribution is 0.0945. The number of carbonyl (C=O) groups excluding carboxylic acids is 1. The molecule has 0 bridgehead atoms. The lowest BCUT2D eigenvalue weighted by atomic mass is 10.4. The van der Waals surface area contributed by atoms with Gasteiger partial charge in [0.15, 0.2) is 11.5 Å². The second-order valence-electron chi connectivity index (χ2n) is 3.34. The van der Waals surface area contributed by atoms with Crippen molar-refractivity contribution in [2.45, 2.75) is 13.8 Å². The molecule has 0 saturated heterocycles. The van der Waals surface area contributed by atoms with Gasteiger partial charge in [-0.25, -0.2) is 0 Å². The number of likely N-dealkylation sites (N-methyl/N-ethyl adjacent to an activating group) is 1. The summed E-state index contributed by atoms with van der Waals surface area (Å²) in [5.74, 6) is -0.168. The molecule has 7 nitrogen and oxygen atoms in total. The molecule has 90 valence electrons. The minimum absolute atomic E-state index is 0.125. The van der Waals surface area contributed by atoms with Crippen molar-refractivity contribution in [2.24, 2.45) is 0 Å². The maximum Gasteiger partial charge on any atom is 0.275 e. The summed E-state index contributed by atoms with van der Waals surface area (Å²) in [5.41, 5.74) is 5.60. The highest BCUT2D eigenvalue weighted by molar-refractivity contribution is 5.96. The van der Waals surface area contributed by atoms with Gasteiger partial charge in [-0.15, -0.1) is 10.2 Å². The third-order valence-electron chi connectivity index (χ3n) is 2.40. The molecule has 0 radical (unpaired) electrons. The molecule has 0 aliphatic carbocycles. The summed E-state index contributed by atoms with van der Waals surface area (Å²) in [6, 6.07) is 0. The van der Waals surface area contributed by atoms with E-state index in [0.717, 1.165) is 19.6 Å². The maximum absolute atomic E-state index is 11.6. The molecule has 1 rings (SSSR count). The first-order valence-electron chi connectivity index (χ1n) is 5.35. The van der Waals surface area contributed by atoms with E-state index in [0.29, 0.717) is 6.54 Å². The van der Waals surface area contributed by atoms with Crippen LogP contribution >= 0.6 is 0 Å². The predicted octanol–water partition coefficient (Wildman–Crippen LogP) is -0.541. The number of hydrogen-bond acceptors (Lipinski definition) is 5. The van der Waals surface area contributed by atoms with Crippen molar-refractivity contribution in [2.75, 3.05) is 31.9 Å². The zero-order chi connectivity index (χ0) is 12.0. The van der Waals surface area contributed by atoms with Crippen LogP contribution in [0.1, 0.15) is 24.3 Å². The highest BCUT2D eigenvalue weighted by Gasteiger charge is 2.13. The average Bonchev–Trinajstić information content (AvgIpc) is 2.70. The standard InChI is InChI=1S/C9H18N6O/c1-3-15(4-2)6-5-11-9(16)7-8(10)13-14-12-7/h3-6H2,1-2H3,(H,11,16)(H3,10,12,13,14). The molecule has 0 aliphatic rings. The maximum atomic E-state index is 11.6. The van der Waals surface area contributed by atoms with Crippen LogP contribution in [0.25, 0.3) is 0 Å². The molecular formula is C9H18N6O. The number of H-pyrrole nitrogens is 1. The number of nitrogens with zero attached hydrogens (tertiary/aromatic N) is 3. The van der Waals surface area contributed by atoms with Crippen LogP contribution in [-0.4, -0.2) is 52.4 Å². The van der Waals surface area contributed by atoms with Crippen LogP contribution < -0.4 is 11.1 Å². The Morgan fingerprint density at radius 2 is 2.12 bits per heavy atom. The molecule has 1 aromatic rings. The second kappa shape index (κ2) is 6.06. The number of nitrogens with one attached hydrogen (secondary N) is 2. The molecule has 0 aromatic carbocycles. The Hall–Kier alpha value is -1.63. The summed E-state index contributed by atoms with van der Waals surface area (Å²) in [6.45, 7) is 7.50. The largest absolute Gasteiger partial charge is 0.380 e. The van der Waals surface area contributed by atoms with E-state index in [1.54, 1.807) is 0 Å². The lowest BCUT2D eigenvalue weighted by Gasteiger charge is -2.17. The van der Waals surface area contributed by atoms with E-state index in [2.05, 4.69) is 39.5 Å². The molecule has 0 unspecified atom stereocenters. The summed E-state index contributed by atoms with van der Waals surface area (Å²) in [6.07, 6.45) is 0. The van der Waals surface area contributed by atoms with Gasteiger partial charge in [-0.3, -0.25) is 4.79 Å². The number of anilines is 1. The Labute approximate surface area is 94.4 Å².